The molecule has 7 aliphatic rings. The number of hydrogen-bond donors (Lipinski definition) is 2. The molecule has 5 aromatic carbocycles. The van der Waals surface area contributed by atoms with Gasteiger partial charge in [-0.05, 0) is 94.9 Å². The molecule has 7 aliphatic heterocycles. The number of carboxylic acids is 2. The number of hydrogen-bond acceptors (Lipinski definition) is 43. The second-order valence-corrected chi connectivity index (χ2v) is 31.5. The summed E-state index contributed by atoms with van der Waals surface area (Å²) in [4.78, 5) is 28.8. The van der Waals surface area contributed by atoms with Crippen LogP contribution >= 0.6 is 95.0 Å². The Morgan fingerprint density at radius 2 is 0.786 bits per heavy atom. The first kappa shape index (κ1) is 119. The molecular weight excluding hydrogens is 1940 g/mol. The van der Waals surface area contributed by atoms with E-state index in [1.54, 1.807) is 109 Å². The summed E-state index contributed by atoms with van der Waals surface area (Å²) in [6, 6.07) is 31.8. The minimum absolute atomic E-state index is 0. The smallest absolute Gasteiger partial charge is 0.726 e. The first-order valence-corrected chi connectivity index (χ1v) is 41.1. The summed E-state index contributed by atoms with van der Waals surface area (Å²) in [6.45, 7) is -4.27. The minimum Gasteiger partial charge on any atom is -0.726 e. The van der Waals surface area contributed by atoms with Gasteiger partial charge in [-0.3, -0.25) is 31.8 Å². The van der Waals surface area contributed by atoms with Crippen molar-refractivity contribution >= 4 is 117 Å². The molecule has 7 fully saturated rings. The minimum atomic E-state index is -5.55. The number of rotatable bonds is 46. The number of benzene rings is 5. The fraction of sp³-hybridized carbons (Fsp3) is 0.549. The number of carbonyl (C=O) groups excluding carboxylic acids is 2. The molecule has 55 heteroatoms. The Morgan fingerprint density at radius 1 is 0.429 bits per heavy atom. The first-order valence-electron chi connectivity index (χ1n) is 35.9. The standard InChI is InChI=1S/C71H83Cl5O40S4.6Na/c1-5-70(68(79)80)61(104-64-56(95-31-38-12-22-43(75)23-13-38)51(93-29-36-8-18-41(73)19-9-36)48(47(101-64)33-98-120(86,87)88)92-28-35-6-16-40(72)17-7-35)54(89-2)57(96-32-39-14-24-44(76)25-15-39)66(106-70)103-50-46(27-78)100-65(60(110-119-116-113-85)53(50)108-117-114-111-83)105-62-55(90-3)58-67(107-71(62,34-97-58)69(81)82)102-49-45(26-77)99-63(91-4)59(109-118-115-112-84)52(49)94-30-37-10-20-42(74)21-11-37;;;;;;/h6-25,45-67,77-78,83-85H,5,26-34H2,1-4H3,(H,79,80)(H,81,82)(H,86,87,88);;;;;;/q;6*+1/p-6/t45?,46?,47?,48-,49-,50-,51+,52+,53+,54-,55?,56?,57?,58-,59?,60?,61+,62+,63+,64+,65+,66-,67-,70?,71?;;;;;;/m1....../s1. The van der Waals surface area contributed by atoms with E-state index < -0.39 is 214 Å². The summed E-state index contributed by atoms with van der Waals surface area (Å²) in [5.74, 6) is -4.12. The third-order valence-corrected chi connectivity index (χ3v) is 22.8. The second kappa shape index (κ2) is 58.4. The van der Waals surface area contributed by atoms with E-state index in [0.717, 1.165) is 14.2 Å². The summed E-state index contributed by atoms with van der Waals surface area (Å²) in [5, 5.41) is 97.8. The predicted octanol–water partition coefficient (Wildman–Crippen LogP) is -15.9. The van der Waals surface area contributed by atoms with Crippen LogP contribution in [0.2, 0.25) is 25.1 Å². The van der Waals surface area contributed by atoms with Gasteiger partial charge in [-0.2, -0.15) is 0 Å². The molecule has 126 heavy (non-hydrogen) atoms. The topological polar surface area (TPSA) is 506 Å². The number of ether oxygens (including phenoxy) is 18. The summed E-state index contributed by atoms with van der Waals surface area (Å²) in [7, 11) is -2.13. The summed E-state index contributed by atoms with van der Waals surface area (Å²) in [5.41, 5.74) is -3.35. The first-order chi connectivity index (χ1) is 57.8. The number of halogens is 5. The molecule has 0 aromatic heterocycles. The van der Waals surface area contributed by atoms with Gasteiger partial charge < -0.3 is 136 Å². The molecule has 0 aliphatic carbocycles. The molecule has 40 nitrogen and oxygen atoms in total. The van der Waals surface area contributed by atoms with Crippen LogP contribution in [-0.2, 0) is 183 Å². The number of carboxylic acid groups (broad SMARTS) is 2. The molecule has 10 unspecified atom stereocenters. The number of aliphatic hydroxyl groups is 2. The SMILES string of the molecule is CCC1(C(=O)[O-])O[C@@H](O[C@@H]2C(CO)O[C@@H](O[C@H]3C(OC)[C@H]4OCC3(C(=O)[O-])O[C@H]4O[C@@H]3C(CO)O[C@H](OC)C(OSOO[O-])[C@H]3OCc3ccc(Cl)cc3)C(OSOO[O-])[C@H]2OSOO[O-])C(OCc2ccc(Cl)cc2)[C@@H](OC)[C@@H]1O[C@@H]1OC(COS(=O)(=O)[O-])[C@@H](OCc2ccc(Cl)cc2)[C@H](OCc2ccc(Cl)cc2)C1OCc1ccc(Cl)cc1.[Na+].[Na+].[Na+].[Na+].[Na+].[Na+]. The van der Waals surface area contributed by atoms with Gasteiger partial charge in [-0.15, -0.1) is 13.0 Å². The van der Waals surface area contributed by atoms with Gasteiger partial charge in [0.05, 0.1) is 71.4 Å². The Labute approximate surface area is 893 Å². The predicted molar refractivity (Wildman–Crippen MR) is 393 cm³/mol. The number of fused-ring (bicyclic) bond motifs is 3. The summed E-state index contributed by atoms with van der Waals surface area (Å²) < 4.78 is 190. The molecule has 666 valence electrons. The van der Waals surface area contributed by atoms with Crippen LogP contribution < -0.4 is 203 Å². The molecule has 2 bridgehead atoms. The monoisotopic (exact) mass is 2010 g/mol. The van der Waals surface area contributed by atoms with Crippen molar-refractivity contribution in [1.82, 2.24) is 0 Å². The van der Waals surface area contributed by atoms with Crippen LogP contribution in [0.25, 0.3) is 0 Å². The van der Waals surface area contributed by atoms with Crippen molar-refractivity contribution < 1.29 is 366 Å². The van der Waals surface area contributed by atoms with Gasteiger partial charge >= 0.3 is 177 Å². The van der Waals surface area contributed by atoms with Crippen LogP contribution in [0.15, 0.2) is 121 Å². The zero-order chi connectivity index (χ0) is 85.8. The van der Waals surface area contributed by atoms with Gasteiger partial charge in [0, 0.05) is 46.4 Å². The molecule has 0 spiro atoms. The van der Waals surface area contributed by atoms with Gasteiger partial charge in [-0.1, -0.05) is 126 Å². The molecule has 5 aromatic rings. The molecule has 0 radical (unpaired) electrons. The van der Waals surface area contributed by atoms with Crippen LogP contribution in [-0.4, -0.2) is 235 Å². The van der Waals surface area contributed by atoms with E-state index in [1.165, 1.54) is 26.2 Å². The Morgan fingerprint density at radius 3 is 1.17 bits per heavy atom. The number of aliphatic carboxylic acids is 2. The van der Waals surface area contributed by atoms with Crippen molar-refractivity contribution in [2.24, 2.45) is 0 Å². The molecule has 25 atom stereocenters. The molecule has 0 saturated carbocycles. The number of methoxy groups -OCH3 is 3. The van der Waals surface area contributed by atoms with E-state index in [2.05, 4.69) is 28.1 Å². The average Bonchev–Trinajstić information content (AvgIpc) is 0.725. The van der Waals surface area contributed by atoms with Crippen molar-refractivity contribution in [2.75, 3.05) is 47.8 Å². The van der Waals surface area contributed by atoms with Gasteiger partial charge in [0.2, 0.25) is 10.4 Å². The normalized spacial score (nSPS) is 31.2. The number of carbonyl (C=O) groups is 2. The van der Waals surface area contributed by atoms with E-state index in [4.69, 9.17) is 160 Å². The van der Waals surface area contributed by atoms with Gasteiger partial charge in [0.25, 0.3) is 0 Å². The molecule has 7 heterocycles. The largest absolute Gasteiger partial charge is 1.00 e. The average molecular weight is 2010 g/mol. The van der Waals surface area contributed by atoms with E-state index in [0.29, 0.717) is 52.9 Å². The van der Waals surface area contributed by atoms with Crippen LogP contribution in [0.3, 0.4) is 0 Å². The van der Waals surface area contributed by atoms with Crippen molar-refractivity contribution in [1.29, 1.82) is 0 Å². The molecule has 0 amide bonds. The van der Waals surface area contributed by atoms with Crippen molar-refractivity contribution in [2.45, 2.75) is 199 Å². The van der Waals surface area contributed by atoms with Crippen molar-refractivity contribution in [3.05, 3.63) is 174 Å². The van der Waals surface area contributed by atoms with E-state index in [9.17, 15) is 58.8 Å². The maximum absolute atomic E-state index is 14.7. The number of aliphatic hydroxyl groups excluding tert-OH is 2. The molecule has 7 saturated heterocycles. The van der Waals surface area contributed by atoms with E-state index >= 15 is 0 Å². The zero-order valence-electron chi connectivity index (χ0n) is 68.8. The van der Waals surface area contributed by atoms with Crippen LogP contribution in [0.1, 0.15) is 41.2 Å². The molecular formula is C71H77Cl5Na6O40S4. The van der Waals surface area contributed by atoms with Gasteiger partial charge in [0.1, 0.15) is 103 Å². The van der Waals surface area contributed by atoms with E-state index in [1.807, 2.05) is 0 Å². The summed E-state index contributed by atoms with van der Waals surface area (Å²) >= 11 is 31.0. The van der Waals surface area contributed by atoms with E-state index in [-0.39, 0.29) is 241 Å². The Balaban J connectivity index is 0.00000469. The van der Waals surface area contributed by atoms with Crippen LogP contribution in [0.5, 0.6) is 0 Å². The Kier molecular flexibility index (Phi) is 55.0. The third kappa shape index (κ3) is 31.3. The summed E-state index contributed by atoms with van der Waals surface area (Å²) in [6.07, 6.45) is -42.1. The van der Waals surface area contributed by atoms with Gasteiger partial charge in [-0.25, -0.2) is 8.42 Å². The zero-order valence-corrected chi connectivity index (χ0v) is 87.9. The second-order valence-electron chi connectivity index (χ2n) is 26.9. The van der Waals surface area contributed by atoms with Gasteiger partial charge in [0.15, 0.2) is 86.2 Å². The fourth-order valence-corrected chi connectivity index (χ4v) is 16.2. The maximum Gasteiger partial charge on any atom is 1.00 e. The molecule has 12 rings (SSSR count). The fourth-order valence-electron chi connectivity index (χ4n) is 14.2. The van der Waals surface area contributed by atoms with Crippen LogP contribution in [0.4, 0.5) is 0 Å². The quantitative estimate of drug-likeness (QED) is 0.00695. The Bertz CT molecular complexity index is 4120. The third-order valence-electron chi connectivity index (χ3n) is 19.9. The van der Waals surface area contributed by atoms with Crippen molar-refractivity contribution in [3.63, 3.8) is 0 Å². The molecule has 2 N–H and O–H groups in total. The Hall–Kier alpha value is 2.13. The maximum atomic E-state index is 14.7. The van der Waals surface area contributed by atoms with Crippen LogP contribution in [0, 0.1) is 0 Å². The van der Waals surface area contributed by atoms with Crippen molar-refractivity contribution in [3.8, 4) is 0 Å².